The summed E-state index contributed by atoms with van der Waals surface area (Å²) >= 11 is 0. The second kappa shape index (κ2) is 5.08. The third-order valence-corrected chi connectivity index (χ3v) is 3.96. The molecule has 1 amide bonds. The molecule has 1 heterocycles. The quantitative estimate of drug-likeness (QED) is 0.900. The van der Waals surface area contributed by atoms with E-state index < -0.39 is 0 Å². The van der Waals surface area contributed by atoms with Crippen molar-refractivity contribution in [1.82, 2.24) is 9.88 Å². The number of hydrogen-bond acceptors (Lipinski definition) is 1. The van der Waals surface area contributed by atoms with Crippen LogP contribution in [0.15, 0.2) is 30.5 Å². The van der Waals surface area contributed by atoms with Crippen molar-refractivity contribution in [3.63, 3.8) is 0 Å². The van der Waals surface area contributed by atoms with Crippen LogP contribution in [0.3, 0.4) is 0 Å². The number of rotatable bonds is 3. The fourth-order valence-electron chi connectivity index (χ4n) is 2.93. The summed E-state index contributed by atoms with van der Waals surface area (Å²) in [5.74, 6) is 0.130. The molecule has 0 atom stereocenters. The van der Waals surface area contributed by atoms with Crippen molar-refractivity contribution < 1.29 is 4.79 Å². The molecule has 3 nitrogen and oxygen atoms in total. The normalized spacial score (nSPS) is 16.1. The molecular formula is C16H20N2O. The fourth-order valence-corrected chi connectivity index (χ4v) is 2.93. The van der Waals surface area contributed by atoms with Gasteiger partial charge >= 0.3 is 0 Å². The molecule has 0 saturated heterocycles. The first-order valence-electron chi connectivity index (χ1n) is 7.07. The number of benzene rings is 1. The highest BCUT2D eigenvalue weighted by Crippen LogP contribution is 2.19. The van der Waals surface area contributed by atoms with Gasteiger partial charge in [-0.15, -0.1) is 0 Å². The number of fused-ring (bicyclic) bond motifs is 1. The van der Waals surface area contributed by atoms with Gasteiger partial charge in [0.05, 0.1) is 0 Å². The van der Waals surface area contributed by atoms with Gasteiger partial charge in [-0.1, -0.05) is 25.0 Å². The van der Waals surface area contributed by atoms with E-state index in [4.69, 9.17) is 0 Å². The van der Waals surface area contributed by atoms with Crippen LogP contribution in [0.4, 0.5) is 0 Å². The maximum Gasteiger partial charge on any atom is 0.240 e. The Hall–Kier alpha value is -1.77. The van der Waals surface area contributed by atoms with Crippen LogP contribution >= 0.6 is 0 Å². The summed E-state index contributed by atoms with van der Waals surface area (Å²) in [6.07, 6.45) is 6.76. The Morgan fingerprint density at radius 1 is 1.32 bits per heavy atom. The van der Waals surface area contributed by atoms with Gasteiger partial charge in [-0.3, -0.25) is 4.79 Å². The van der Waals surface area contributed by atoms with E-state index in [9.17, 15) is 4.79 Å². The molecule has 0 bridgehead atoms. The van der Waals surface area contributed by atoms with Crippen molar-refractivity contribution in [3.8, 4) is 0 Å². The Labute approximate surface area is 113 Å². The zero-order valence-electron chi connectivity index (χ0n) is 11.4. The highest BCUT2D eigenvalue weighted by Gasteiger charge is 2.17. The lowest BCUT2D eigenvalue weighted by Gasteiger charge is -2.12. The van der Waals surface area contributed by atoms with Gasteiger partial charge in [-0.25, -0.2) is 0 Å². The van der Waals surface area contributed by atoms with Crippen LogP contribution in [0, 0.1) is 6.92 Å². The van der Waals surface area contributed by atoms with Crippen molar-refractivity contribution in [2.24, 2.45) is 0 Å². The van der Waals surface area contributed by atoms with E-state index in [1.807, 2.05) is 10.8 Å². The lowest BCUT2D eigenvalue weighted by molar-refractivity contribution is -0.122. The number of aromatic nitrogens is 1. The molecule has 100 valence electrons. The van der Waals surface area contributed by atoms with E-state index >= 15 is 0 Å². The molecular weight excluding hydrogens is 236 g/mol. The zero-order valence-corrected chi connectivity index (χ0v) is 11.4. The van der Waals surface area contributed by atoms with Crippen molar-refractivity contribution in [3.05, 3.63) is 36.0 Å². The van der Waals surface area contributed by atoms with Gasteiger partial charge < -0.3 is 9.88 Å². The SMILES string of the molecule is Cc1ccc2ccn(CC(=O)NC3CCCC3)c2c1. The topological polar surface area (TPSA) is 34.0 Å². The van der Waals surface area contributed by atoms with E-state index in [1.165, 1.54) is 23.8 Å². The van der Waals surface area contributed by atoms with Crippen molar-refractivity contribution >= 4 is 16.8 Å². The van der Waals surface area contributed by atoms with E-state index in [0.29, 0.717) is 12.6 Å². The van der Waals surface area contributed by atoms with E-state index in [1.54, 1.807) is 0 Å². The predicted octanol–water partition coefficient (Wildman–Crippen LogP) is 3.01. The molecule has 3 heteroatoms. The number of carbonyl (C=O) groups is 1. The minimum absolute atomic E-state index is 0.130. The number of nitrogens with one attached hydrogen (secondary N) is 1. The number of carbonyl (C=O) groups excluding carboxylic acids is 1. The maximum absolute atomic E-state index is 12.1. The predicted molar refractivity (Wildman–Crippen MR) is 77.1 cm³/mol. The summed E-state index contributed by atoms with van der Waals surface area (Å²) in [5, 5.41) is 4.33. The Morgan fingerprint density at radius 3 is 2.89 bits per heavy atom. The molecule has 1 saturated carbocycles. The first-order valence-corrected chi connectivity index (χ1v) is 7.07. The van der Waals surface area contributed by atoms with Crippen LogP contribution in [-0.4, -0.2) is 16.5 Å². The van der Waals surface area contributed by atoms with E-state index in [2.05, 4.69) is 36.5 Å². The van der Waals surface area contributed by atoms with Crippen LogP contribution in [0.5, 0.6) is 0 Å². The van der Waals surface area contributed by atoms with E-state index in [-0.39, 0.29) is 5.91 Å². The summed E-state index contributed by atoms with van der Waals surface area (Å²) in [6.45, 7) is 2.50. The molecule has 1 aromatic heterocycles. The number of nitrogens with zero attached hydrogens (tertiary/aromatic N) is 1. The lowest BCUT2D eigenvalue weighted by Crippen LogP contribution is -2.35. The Bertz CT molecular complexity index is 594. The smallest absolute Gasteiger partial charge is 0.240 e. The third-order valence-electron chi connectivity index (χ3n) is 3.96. The van der Waals surface area contributed by atoms with Crippen molar-refractivity contribution in [2.45, 2.75) is 45.2 Å². The minimum atomic E-state index is 0.130. The maximum atomic E-state index is 12.1. The average molecular weight is 256 g/mol. The molecule has 0 spiro atoms. The standard InChI is InChI=1S/C16H20N2O/c1-12-6-7-13-8-9-18(15(13)10-12)11-16(19)17-14-4-2-3-5-14/h6-10,14H,2-5,11H2,1H3,(H,17,19). The van der Waals surface area contributed by atoms with Gasteiger partial charge in [0, 0.05) is 17.8 Å². The summed E-state index contributed by atoms with van der Waals surface area (Å²) < 4.78 is 2.03. The van der Waals surface area contributed by atoms with Crippen LogP contribution in [0.1, 0.15) is 31.2 Å². The summed E-state index contributed by atoms with van der Waals surface area (Å²) in [7, 11) is 0. The van der Waals surface area contributed by atoms with Gasteiger partial charge in [-0.2, -0.15) is 0 Å². The summed E-state index contributed by atoms with van der Waals surface area (Å²) in [6, 6.07) is 8.81. The highest BCUT2D eigenvalue weighted by molar-refractivity contribution is 5.83. The summed E-state index contributed by atoms with van der Waals surface area (Å²) in [4.78, 5) is 12.1. The van der Waals surface area contributed by atoms with Crippen LogP contribution in [0.2, 0.25) is 0 Å². The summed E-state index contributed by atoms with van der Waals surface area (Å²) in [5.41, 5.74) is 2.37. The monoisotopic (exact) mass is 256 g/mol. The van der Waals surface area contributed by atoms with Gasteiger partial charge in [0.2, 0.25) is 5.91 Å². The largest absolute Gasteiger partial charge is 0.352 e. The number of hydrogen-bond donors (Lipinski definition) is 1. The van der Waals surface area contributed by atoms with Gasteiger partial charge in [0.25, 0.3) is 0 Å². The lowest BCUT2D eigenvalue weighted by atomic mass is 10.2. The fraction of sp³-hybridized carbons (Fsp3) is 0.438. The Morgan fingerprint density at radius 2 is 2.11 bits per heavy atom. The molecule has 0 aliphatic heterocycles. The van der Waals surface area contributed by atoms with Crippen LogP contribution in [-0.2, 0) is 11.3 Å². The molecule has 19 heavy (non-hydrogen) atoms. The second-order valence-electron chi connectivity index (χ2n) is 5.55. The molecule has 1 aliphatic rings. The zero-order chi connectivity index (χ0) is 13.2. The first kappa shape index (κ1) is 12.3. The second-order valence-corrected chi connectivity index (χ2v) is 5.55. The van der Waals surface area contributed by atoms with Crippen molar-refractivity contribution in [1.29, 1.82) is 0 Å². The molecule has 1 aromatic carbocycles. The van der Waals surface area contributed by atoms with Gasteiger partial charge in [0.1, 0.15) is 6.54 Å². The van der Waals surface area contributed by atoms with Crippen molar-refractivity contribution in [2.75, 3.05) is 0 Å². The number of aryl methyl sites for hydroxylation is 1. The Kier molecular flexibility index (Phi) is 3.28. The molecule has 0 radical (unpaired) electrons. The average Bonchev–Trinajstić information content (AvgIpc) is 3.00. The molecule has 1 N–H and O–H groups in total. The molecule has 3 rings (SSSR count). The van der Waals surface area contributed by atoms with Gasteiger partial charge in [0.15, 0.2) is 0 Å². The third kappa shape index (κ3) is 2.65. The van der Waals surface area contributed by atoms with Crippen LogP contribution < -0.4 is 5.32 Å². The molecule has 2 aromatic rings. The highest BCUT2D eigenvalue weighted by atomic mass is 16.2. The minimum Gasteiger partial charge on any atom is -0.352 e. The molecule has 0 unspecified atom stereocenters. The molecule has 1 aliphatic carbocycles. The Balaban J connectivity index is 1.73. The molecule has 1 fully saturated rings. The van der Waals surface area contributed by atoms with Crippen LogP contribution in [0.25, 0.3) is 10.9 Å². The first-order chi connectivity index (χ1) is 9.22. The van der Waals surface area contributed by atoms with E-state index in [0.717, 1.165) is 18.4 Å². The number of amides is 1. The van der Waals surface area contributed by atoms with Gasteiger partial charge in [-0.05, 0) is 42.8 Å².